The minimum Gasteiger partial charge on any atom is -0.756 e. The molecule has 0 heterocycles. The standard InChI is InChI=1S/C51H90NO7P/c1-6-8-10-12-14-16-18-20-22-24-26-28-30-32-34-36-38-40-42-44-51(53)59-50(49-58-60(54,55)57-47-45-52(3,4)5)48-56-46-43-41-39-37-35-33-31-29-27-25-23-21-19-17-15-13-11-9-7-2/h8,10,14,16,20,22-23,25-26,28,32,34,38,40,50H,6-7,9,11-13,15,17-19,21,24,27,29-31,33,35-37,39,41-49H2,1-5H3/b10-8-,16-14-,22-20-,25-23-,28-26-,34-32-,40-38-. The van der Waals surface area contributed by atoms with Crippen LogP contribution in [0.5, 0.6) is 0 Å². The van der Waals surface area contributed by atoms with E-state index in [1.165, 1.54) is 96.3 Å². The molecule has 0 rings (SSSR count). The zero-order valence-corrected chi connectivity index (χ0v) is 40.0. The summed E-state index contributed by atoms with van der Waals surface area (Å²) < 4.78 is 34.6. The Morgan fingerprint density at radius 2 is 0.967 bits per heavy atom. The van der Waals surface area contributed by atoms with Crippen molar-refractivity contribution >= 4 is 13.8 Å². The molecule has 8 nitrogen and oxygen atoms in total. The molecule has 0 saturated carbocycles. The van der Waals surface area contributed by atoms with E-state index in [4.69, 9.17) is 18.5 Å². The molecule has 0 spiro atoms. The van der Waals surface area contributed by atoms with Crippen LogP contribution in [0.15, 0.2) is 85.1 Å². The number of nitrogens with zero attached hydrogens (tertiary/aromatic N) is 1. The lowest BCUT2D eigenvalue weighted by Crippen LogP contribution is -2.37. The summed E-state index contributed by atoms with van der Waals surface area (Å²) in [5.74, 6) is -0.419. The molecule has 0 bridgehead atoms. The van der Waals surface area contributed by atoms with Gasteiger partial charge in [0.15, 0.2) is 0 Å². The second-order valence-corrected chi connectivity index (χ2v) is 18.1. The summed E-state index contributed by atoms with van der Waals surface area (Å²) in [5, 5.41) is 0. The maximum atomic E-state index is 12.7. The minimum absolute atomic E-state index is 0.00787. The highest BCUT2D eigenvalue weighted by Crippen LogP contribution is 2.38. The molecule has 346 valence electrons. The number of esters is 1. The zero-order chi connectivity index (χ0) is 44.1. The summed E-state index contributed by atoms with van der Waals surface area (Å²) in [5.41, 5.74) is 0. The van der Waals surface area contributed by atoms with Gasteiger partial charge in [-0.05, 0) is 77.0 Å². The Bertz CT molecular complexity index is 1230. The van der Waals surface area contributed by atoms with Gasteiger partial charge in [0.05, 0.1) is 34.4 Å². The Morgan fingerprint density at radius 3 is 1.45 bits per heavy atom. The fraction of sp³-hybridized carbons (Fsp3) is 0.706. The fourth-order valence-electron chi connectivity index (χ4n) is 6.04. The highest BCUT2D eigenvalue weighted by Gasteiger charge is 2.20. The summed E-state index contributed by atoms with van der Waals surface area (Å²) in [7, 11) is 1.30. The maximum absolute atomic E-state index is 12.7. The lowest BCUT2D eigenvalue weighted by molar-refractivity contribution is -0.870. The van der Waals surface area contributed by atoms with Crippen molar-refractivity contribution in [1.29, 1.82) is 0 Å². The predicted molar refractivity (Wildman–Crippen MR) is 254 cm³/mol. The van der Waals surface area contributed by atoms with Gasteiger partial charge in [-0.2, -0.15) is 0 Å². The molecular formula is C51H90NO7P. The van der Waals surface area contributed by atoms with Crippen LogP contribution in [0.1, 0.15) is 174 Å². The van der Waals surface area contributed by atoms with Gasteiger partial charge in [0, 0.05) is 13.0 Å². The van der Waals surface area contributed by atoms with Crippen molar-refractivity contribution in [3.8, 4) is 0 Å². The third-order valence-electron chi connectivity index (χ3n) is 9.69. The van der Waals surface area contributed by atoms with Crippen molar-refractivity contribution in [2.45, 2.75) is 180 Å². The Kier molecular flexibility index (Phi) is 41.7. The Labute approximate surface area is 369 Å². The van der Waals surface area contributed by atoms with E-state index in [1.54, 1.807) is 0 Å². The van der Waals surface area contributed by atoms with E-state index in [2.05, 4.69) is 86.8 Å². The number of ether oxygens (including phenoxy) is 2. The molecule has 0 aromatic carbocycles. The molecule has 0 radical (unpaired) electrons. The zero-order valence-electron chi connectivity index (χ0n) is 39.1. The molecule has 60 heavy (non-hydrogen) atoms. The molecule has 0 aliphatic heterocycles. The van der Waals surface area contributed by atoms with Crippen molar-refractivity contribution < 1.29 is 37.3 Å². The fourth-order valence-corrected chi connectivity index (χ4v) is 6.77. The Hall–Kier alpha value is -2.32. The number of phosphoric acid groups is 1. The molecule has 2 unspecified atom stereocenters. The summed E-state index contributed by atoms with van der Waals surface area (Å²) >= 11 is 0. The molecule has 0 aliphatic carbocycles. The van der Waals surface area contributed by atoms with E-state index in [0.29, 0.717) is 24.1 Å². The normalized spacial score (nSPS) is 14.4. The molecule has 0 aromatic heterocycles. The van der Waals surface area contributed by atoms with Crippen LogP contribution in [-0.2, 0) is 27.9 Å². The van der Waals surface area contributed by atoms with Gasteiger partial charge in [-0.3, -0.25) is 9.36 Å². The number of carbonyl (C=O) groups is 1. The van der Waals surface area contributed by atoms with Crippen LogP contribution in [0.4, 0.5) is 0 Å². The average Bonchev–Trinajstić information content (AvgIpc) is 3.20. The van der Waals surface area contributed by atoms with E-state index >= 15 is 0 Å². The van der Waals surface area contributed by atoms with Crippen molar-refractivity contribution in [2.24, 2.45) is 0 Å². The van der Waals surface area contributed by atoms with Crippen molar-refractivity contribution in [1.82, 2.24) is 0 Å². The van der Waals surface area contributed by atoms with Crippen LogP contribution in [0.3, 0.4) is 0 Å². The van der Waals surface area contributed by atoms with Crippen molar-refractivity contribution in [3.05, 3.63) is 85.1 Å². The highest BCUT2D eigenvalue weighted by molar-refractivity contribution is 7.45. The third kappa shape index (κ3) is 46.7. The van der Waals surface area contributed by atoms with Crippen LogP contribution in [0.2, 0.25) is 0 Å². The van der Waals surface area contributed by atoms with E-state index in [-0.39, 0.29) is 26.2 Å². The minimum atomic E-state index is -4.55. The van der Waals surface area contributed by atoms with Crippen LogP contribution >= 0.6 is 7.82 Å². The molecule has 0 N–H and O–H groups in total. The highest BCUT2D eigenvalue weighted by atomic mass is 31.2. The smallest absolute Gasteiger partial charge is 0.306 e. The van der Waals surface area contributed by atoms with E-state index in [0.717, 1.165) is 51.4 Å². The van der Waals surface area contributed by atoms with Crippen LogP contribution in [-0.4, -0.2) is 70.7 Å². The number of hydrogen-bond acceptors (Lipinski definition) is 7. The Balaban J connectivity index is 4.33. The molecule has 0 fully saturated rings. The molecule has 0 saturated heterocycles. The third-order valence-corrected chi connectivity index (χ3v) is 10.7. The lowest BCUT2D eigenvalue weighted by atomic mass is 10.1. The number of allylic oxidation sites excluding steroid dienone is 14. The van der Waals surface area contributed by atoms with E-state index < -0.39 is 19.9 Å². The van der Waals surface area contributed by atoms with Crippen LogP contribution < -0.4 is 4.89 Å². The largest absolute Gasteiger partial charge is 0.756 e. The second-order valence-electron chi connectivity index (χ2n) is 16.7. The summed E-state index contributed by atoms with van der Waals surface area (Å²) in [6.45, 7) is 5.17. The summed E-state index contributed by atoms with van der Waals surface area (Å²) in [6.07, 6.45) is 57.6. The van der Waals surface area contributed by atoms with Crippen molar-refractivity contribution in [2.75, 3.05) is 54.1 Å². The van der Waals surface area contributed by atoms with Crippen LogP contribution in [0.25, 0.3) is 0 Å². The van der Waals surface area contributed by atoms with Gasteiger partial charge >= 0.3 is 5.97 Å². The average molecular weight is 860 g/mol. The van der Waals surface area contributed by atoms with Gasteiger partial charge in [-0.1, -0.05) is 176 Å². The topological polar surface area (TPSA) is 94.1 Å². The Morgan fingerprint density at radius 1 is 0.533 bits per heavy atom. The lowest BCUT2D eigenvalue weighted by Gasteiger charge is -2.28. The number of carbonyl (C=O) groups excluding carboxylic acids is 1. The number of likely N-dealkylation sites (N-methyl/N-ethyl adjacent to an activating group) is 1. The molecule has 0 aliphatic rings. The van der Waals surface area contributed by atoms with Gasteiger partial charge in [0.1, 0.15) is 19.3 Å². The maximum Gasteiger partial charge on any atom is 0.306 e. The summed E-state index contributed by atoms with van der Waals surface area (Å²) in [6, 6.07) is 0. The second kappa shape index (κ2) is 43.3. The van der Waals surface area contributed by atoms with Gasteiger partial charge < -0.3 is 27.9 Å². The van der Waals surface area contributed by atoms with Crippen molar-refractivity contribution in [3.63, 3.8) is 0 Å². The predicted octanol–water partition coefficient (Wildman–Crippen LogP) is 13.8. The molecule has 2 atom stereocenters. The number of quaternary nitrogens is 1. The first kappa shape index (κ1) is 57.7. The number of unbranched alkanes of at least 4 members (excludes halogenated alkanes) is 15. The number of phosphoric ester groups is 1. The SMILES string of the molecule is CC/C=C\C/C=C\C/C=C\C/C=C\C/C=C\C/C=C\CCC(=O)OC(COCCCCCCCCCC/C=C\CCCCCCCCC)COP(=O)([O-])OCC[N+](C)(C)C. The van der Waals surface area contributed by atoms with Gasteiger partial charge in [0.25, 0.3) is 7.82 Å². The van der Waals surface area contributed by atoms with Crippen LogP contribution in [0, 0.1) is 0 Å². The summed E-state index contributed by atoms with van der Waals surface area (Å²) in [4.78, 5) is 25.1. The molecular weight excluding hydrogens is 770 g/mol. The number of rotatable bonds is 43. The van der Waals surface area contributed by atoms with Gasteiger partial charge in [0.2, 0.25) is 0 Å². The molecule has 0 aromatic rings. The number of hydrogen-bond donors (Lipinski definition) is 0. The van der Waals surface area contributed by atoms with Gasteiger partial charge in [-0.25, -0.2) is 0 Å². The monoisotopic (exact) mass is 860 g/mol. The first-order valence-electron chi connectivity index (χ1n) is 23.8. The van der Waals surface area contributed by atoms with Gasteiger partial charge in [-0.15, -0.1) is 0 Å². The van der Waals surface area contributed by atoms with E-state index in [9.17, 15) is 14.3 Å². The first-order valence-corrected chi connectivity index (χ1v) is 25.3. The molecule has 9 heteroatoms. The molecule has 0 amide bonds. The quantitative estimate of drug-likeness (QED) is 0.0198. The van der Waals surface area contributed by atoms with E-state index in [1.807, 2.05) is 33.3 Å². The first-order chi connectivity index (χ1) is 29.1.